The van der Waals surface area contributed by atoms with E-state index in [4.69, 9.17) is 0 Å². The first-order valence-corrected chi connectivity index (χ1v) is 12.7. The van der Waals surface area contributed by atoms with Gasteiger partial charge in [0, 0.05) is 0 Å². The van der Waals surface area contributed by atoms with Crippen LogP contribution in [0.25, 0.3) is 0 Å². The maximum absolute atomic E-state index is 10.7. The van der Waals surface area contributed by atoms with Crippen LogP contribution >= 0.6 is 0 Å². The van der Waals surface area contributed by atoms with Gasteiger partial charge in [-0.15, -0.1) is 0 Å². The zero-order valence-electron chi connectivity index (χ0n) is 19.7. The molecular formula is C27H46O2. The van der Waals surface area contributed by atoms with Crippen LogP contribution in [0.1, 0.15) is 98.8 Å². The average Bonchev–Trinajstić information content (AvgIpc) is 3.02. The molecule has 0 spiro atoms. The van der Waals surface area contributed by atoms with Crippen molar-refractivity contribution in [2.45, 2.75) is 111 Å². The molecule has 2 N–H and O–H groups in total. The standard InChI is InChI=1S/C27H46O2/c1-17(2)7-6-8-18(3)20-11-12-21-19-9-10-23-25(29)24(28)14-16-27(23,5)22(19)13-15-26(20,21)4/h10,17-22,24-25,28-29H,6-9,11-16H2,1-5H3/t18-,19+,20-,21+,22+,24-,25-,26+,27+/m0/s1. The Morgan fingerprint density at radius 1 is 0.966 bits per heavy atom. The third kappa shape index (κ3) is 3.55. The van der Waals surface area contributed by atoms with Crippen molar-refractivity contribution in [3.8, 4) is 0 Å². The van der Waals surface area contributed by atoms with Gasteiger partial charge in [0.2, 0.25) is 0 Å². The van der Waals surface area contributed by atoms with Gasteiger partial charge in [-0.05, 0) is 96.9 Å². The Balaban J connectivity index is 1.51. The van der Waals surface area contributed by atoms with Crippen molar-refractivity contribution in [1.82, 2.24) is 0 Å². The predicted molar refractivity (Wildman–Crippen MR) is 120 cm³/mol. The zero-order chi connectivity index (χ0) is 21.0. The Hall–Kier alpha value is -0.340. The summed E-state index contributed by atoms with van der Waals surface area (Å²) < 4.78 is 0. The van der Waals surface area contributed by atoms with Crippen LogP contribution in [0, 0.1) is 46.3 Å². The lowest BCUT2D eigenvalue weighted by Crippen LogP contribution is -2.53. The van der Waals surface area contributed by atoms with Gasteiger partial charge in [-0.3, -0.25) is 0 Å². The Morgan fingerprint density at radius 3 is 2.45 bits per heavy atom. The molecule has 0 radical (unpaired) electrons. The van der Waals surface area contributed by atoms with Crippen LogP contribution in [-0.4, -0.2) is 22.4 Å². The van der Waals surface area contributed by atoms with E-state index in [2.05, 4.69) is 40.7 Å². The first-order chi connectivity index (χ1) is 13.7. The number of hydrogen-bond donors (Lipinski definition) is 2. The lowest BCUT2D eigenvalue weighted by atomic mass is 9.46. The fourth-order valence-corrected chi connectivity index (χ4v) is 8.74. The maximum Gasteiger partial charge on any atom is 0.101 e. The molecule has 3 fully saturated rings. The summed E-state index contributed by atoms with van der Waals surface area (Å²) in [5.74, 6) is 4.95. The van der Waals surface area contributed by atoms with Crippen molar-refractivity contribution in [3.05, 3.63) is 11.6 Å². The highest BCUT2D eigenvalue weighted by Gasteiger charge is 2.60. The molecule has 2 nitrogen and oxygen atoms in total. The van der Waals surface area contributed by atoms with E-state index in [0.29, 0.717) is 11.3 Å². The molecule has 9 atom stereocenters. The normalized spacial score (nSPS) is 47.9. The molecule has 0 aromatic rings. The van der Waals surface area contributed by atoms with Crippen LogP contribution < -0.4 is 0 Å². The highest BCUT2D eigenvalue weighted by molar-refractivity contribution is 5.29. The molecule has 0 heterocycles. The van der Waals surface area contributed by atoms with E-state index >= 15 is 0 Å². The number of aliphatic hydroxyl groups is 2. The second-order valence-corrected chi connectivity index (χ2v) is 12.3. The Morgan fingerprint density at radius 2 is 1.72 bits per heavy atom. The van der Waals surface area contributed by atoms with Gasteiger partial charge in [0.25, 0.3) is 0 Å². The third-order valence-corrected chi connectivity index (χ3v) is 10.4. The van der Waals surface area contributed by atoms with Crippen LogP contribution in [0.3, 0.4) is 0 Å². The van der Waals surface area contributed by atoms with E-state index in [-0.39, 0.29) is 5.41 Å². The number of hydrogen-bond acceptors (Lipinski definition) is 2. The molecule has 0 aromatic carbocycles. The van der Waals surface area contributed by atoms with Gasteiger partial charge >= 0.3 is 0 Å². The van der Waals surface area contributed by atoms with Crippen LogP contribution in [-0.2, 0) is 0 Å². The van der Waals surface area contributed by atoms with Gasteiger partial charge < -0.3 is 10.2 Å². The minimum Gasteiger partial charge on any atom is -0.390 e. The summed E-state index contributed by atoms with van der Waals surface area (Å²) in [5.41, 5.74) is 1.81. The van der Waals surface area contributed by atoms with Crippen molar-refractivity contribution in [3.63, 3.8) is 0 Å². The quantitative estimate of drug-likeness (QED) is 0.525. The van der Waals surface area contributed by atoms with Crippen molar-refractivity contribution in [2.24, 2.45) is 46.3 Å². The lowest BCUT2D eigenvalue weighted by molar-refractivity contribution is -0.0801. The van der Waals surface area contributed by atoms with E-state index in [1.54, 1.807) is 0 Å². The SMILES string of the molecule is CC(C)CCC[C@H](C)[C@@H]1CC[C@@H]2[C@H]3CC=C4[C@H](O)[C@@H](O)CC[C@]4(C)[C@@H]3CC[C@@]21C. The van der Waals surface area contributed by atoms with Crippen LogP contribution in [0.5, 0.6) is 0 Å². The number of fused-ring (bicyclic) bond motifs is 5. The number of rotatable bonds is 5. The molecule has 4 aliphatic rings. The topological polar surface area (TPSA) is 40.5 Å². The van der Waals surface area contributed by atoms with E-state index in [0.717, 1.165) is 48.9 Å². The fraction of sp³-hybridized carbons (Fsp3) is 0.926. The van der Waals surface area contributed by atoms with Crippen molar-refractivity contribution < 1.29 is 10.2 Å². The van der Waals surface area contributed by atoms with E-state index < -0.39 is 12.2 Å². The molecular weight excluding hydrogens is 356 g/mol. The van der Waals surface area contributed by atoms with E-state index in [9.17, 15) is 10.2 Å². The molecule has 0 bridgehead atoms. The van der Waals surface area contributed by atoms with Gasteiger partial charge in [0.1, 0.15) is 6.10 Å². The second-order valence-electron chi connectivity index (χ2n) is 12.3. The molecule has 2 heteroatoms. The summed E-state index contributed by atoms with van der Waals surface area (Å²) >= 11 is 0. The van der Waals surface area contributed by atoms with Gasteiger partial charge in [0.15, 0.2) is 0 Å². The van der Waals surface area contributed by atoms with Crippen molar-refractivity contribution in [1.29, 1.82) is 0 Å². The Kier molecular flexibility index (Phi) is 6.01. The second kappa shape index (κ2) is 7.97. The summed E-state index contributed by atoms with van der Waals surface area (Å²) in [7, 11) is 0. The Bertz CT molecular complexity index is 624. The first kappa shape index (κ1) is 21.9. The number of aliphatic hydroxyl groups excluding tert-OH is 2. The average molecular weight is 403 g/mol. The van der Waals surface area contributed by atoms with Crippen LogP contribution in [0.4, 0.5) is 0 Å². The van der Waals surface area contributed by atoms with Crippen molar-refractivity contribution in [2.75, 3.05) is 0 Å². The minimum atomic E-state index is -0.625. The van der Waals surface area contributed by atoms with Crippen molar-refractivity contribution >= 4 is 0 Å². The van der Waals surface area contributed by atoms with Gasteiger partial charge in [-0.2, -0.15) is 0 Å². The molecule has 0 amide bonds. The van der Waals surface area contributed by atoms with Gasteiger partial charge in [-0.25, -0.2) is 0 Å². The molecule has 0 aromatic heterocycles. The highest BCUT2D eigenvalue weighted by atomic mass is 16.3. The summed E-state index contributed by atoms with van der Waals surface area (Å²) in [6.07, 6.45) is 13.9. The molecule has 4 rings (SSSR count). The summed E-state index contributed by atoms with van der Waals surface area (Å²) in [6.45, 7) is 12.3. The Labute approximate surface area is 179 Å². The maximum atomic E-state index is 10.7. The van der Waals surface area contributed by atoms with Crippen LogP contribution in [0.15, 0.2) is 11.6 Å². The molecule has 166 valence electrons. The largest absolute Gasteiger partial charge is 0.390 e. The molecule has 0 aliphatic heterocycles. The monoisotopic (exact) mass is 402 g/mol. The van der Waals surface area contributed by atoms with E-state index in [1.807, 2.05) is 0 Å². The summed E-state index contributed by atoms with van der Waals surface area (Å²) in [4.78, 5) is 0. The predicted octanol–water partition coefficient (Wildman–Crippen LogP) is 6.36. The smallest absolute Gasteiger partial charge is 0.101 e. The molecule has 3 saturated carbocycles. The minimum absolute atomic E-state index is 0.115. The summed E-state index contributed by atoms with van der Waals surface area (Å²) in [6, 6.07) is 0. The highest BCUT2D eigenvalue weighted by Crippen LogP contribution is 2.67. The third-order valence-electron chi connectivity index (χ3n) is 10.4. The molecule has 29 heavy (non-hydrogen) atoms. The zero-order valence-corrected chi connectivity index (χ0v) is 19.7. The molecule has 0 unspecified atom stereocenters. The lowest BCUT2D eigenvalue weighted by Gasteiger charge is -2.59. The van der Waals surface area contributed by atoms with E-state index in [1.165, 1.54) is 50.5 Å². The molecule has 4 aliphatic carbocycles. The van der Waals surface area contributed by atoms with Gasteiger partial charge in [-0.1, -0.05) is 60.0 Å². The van der Waals surface area contributed by atoms with Crippen LogP contribution in [0.2, 0.25) is 0 Å². The fourth-order valence-electron chi connectivity index (χ4n) is 8.74. The molecule has 0 saturated heterocycles. The summed E-state index contributed by atoms with van der Waals surface area (Å²) in [5, 5.41) is 20.9. The first-order valence-electron chi connectivity index (χ1n) is 12.7. The van der Waals surface area contributed by atoms with Gasteiger partial charge in [0.05, 0.1) is 6.10 Å². The number of allylic oxidation sites excluding steroid dienone is 1.